The van der Waals surface area contributed by atoms with Crippen LogP contribution in [-0.4, -0.2) is 22.4 Å². The summed E-state index contributed by atoms with van der Waals surface area (Å²) in [4.78, 5) is 15.4. The van der Waals surface area contributed by atoms with E-state index in [1.165, 1.54) is 12.1 Å². The van der Waals surface area contributed by atoms with Gasteiger partial charge in [-0.05, 0) is 32.0 Å². The number of carboxylic acids is 1. The number of aromatic nitrogens is 1. The maximum atomic E-state index is 12.5. The number of ether oxygens (including phenoxy) is 2. The number of alkyl halides is 3. The van der Waals surface area contributed by atoms with E-state index >= 15 is 0 Å². The van der Waals surface area contributed by atoms with Crippen molar-refractivity contribution in [1.29, 1.82) is 0 Å². The Morgan fingerprint density at radius 3 is 2.54 bits per heavy atom. The van der Waals surface area contributed by atoms with E-state index in [1.807, 2.05) is 0 Å². The molecule has 0 aliphatic rings. The van der Waals surface area contributed by atoms with E-state index in [-0.39, 0.29) is 17.0 Å². The molecule has 0 fully saturated rings. The van der Waals surface area contributed by atoms with Crippen LogP contribution in [0.15, 0.2) is 30.3 Å². The number of nitrogens with zero attached hydrogens (tertiary/aromatic N) is 1. The smallest absolute Gasteiger partial charge is 0.478 e. The summed E-state index contributed by atoms with van der Waals surface area (Å²) in [6.45, 7) is 3.03. The molecular formula is C16H14F3NO4. The first kappa shape index (κ1) is 17.6. The first-order chi connectivity index (χ1) is 11.2. The largest absolute Gasteiger partial charge is 0.573 e. The molecule has 0 radical (unpaired) electrons. The minimum absolute atomic E-state index is 0.216. The first-order valence-corrected chi connectivity index (χ1v) is 6.85. The number of pyridine rings is 1. The molecule has 2 aromatic rings. The van der Waals surface area contributed by atoms with Gasteiger partial charge in [0.2, 0.25) is 5.88 Å². The van der Waals surface area contributed by atoms with Crippen LogP contribution < -0.4 is 9.47 Å². The molecule has 0 unspecified atom stereocenters. The van der Waals surface area contributed by atoms with Crippen LogP contribution in [0.5, 0.6) is 11.6 Å². The van der Waals surface area contributed by atoms with Gasteiger partial charge < -0.3 is 14.6 Å². The van der Waals surface area contributed by atoms with Crippen molar-refractivity contribution in [3.63, 3.8) is 0 Å². The number of benzene rings is 1. The minimum Gasteiger partial charge on any atom is -0.478 e. The second-order valence-electron chi connectivity index (χ2n) is 5.00. The lowest BCUT2D eigenvalue weighted by Gasteiger charge is -2.16. The predicted octanol–water partition coefficient (Wildman–Crippen LogP) is 3.87. The zero-order chi connectivity index (χ0) is 17.9. The van der Waals surface area contributed by atoms with Crippen LogP contribution in [0.25, 0.3) is 0 Å². The third-order valence-electron chi connectivity index (χ3n) is 3.13. The number of carboxylic acid groups (broad SMARTS) is 1. The Labute approximate surface area is 135 Å². The summed E-state index contributed by atoms with van der Waals surface area (Å²) >= 11 is 0. The number of aromatic carboxylic acids is 1. The van der Waals surface area contributed by atoms with Gasteiger partial charge in [0.1, 0.15) is 12.4 Å². The minimum atomic E-state index is -4.94. The highest BCUT2D eigenvalue weighted by Gasteiger charge is 2.33. The molecule has 8 heteroatoms. The maximum Gasteiger partial charge on any atom is 0.573 e. The third-order valence-corrected chi connectivity index (χ3v) is 3.13. The summed E-state index contributed by atoms with van der Waals surface area (Å²) in [6, 6.07) is 6.89. The third kappa shape index (κ3) is 4.37. The summed E-state index contributed by atoms with van der Waals surface area (Å²) in [5.74, 6) is -1.78. The van der Waals surface area contributed by atoms with E-state index in [1.54, 1.807) is 26.0 Å². The molecule has 0 bridgehead atoms. The zero-order valence-corrected chi connectivity index (χ0v) is 12.8. The van der Waals surface area contributed by atoms with Crippen LogP contribution in [0.3, 0.4) is 0 Å². The molecule has 0 saturated heterocycles. The van der Waals surface area contributed by atoms with Gasteiger partial charge >= 0.3 is 12.3 Å². The van der Waals surface area contributed by atoms with Crippen LogP contribution in [0.2, 0.25) is 0 Å². The fourth-order valence-electron chi connectivity index (χ4n) is 2.02. The van der Waals surface area contributed by atoms with Gasteiger partial charge in [0.05, 0.1) is 5.56 Å². The summed E-state index contributed by atoms with van der Waals surface area (Å²) in [5, 5.41) is 9.18. The van der Waals surface area contributed by atoms with Crippen molar-refractivity contribution in [2.24, 2.45) is 0 Å². The Morgan fingerprint density at radius 1 is 1.21 bits per heavy atom. The Balaban J connectivity index is 2.36. The van der Waals surface area contributed by atoms with Crippen LogP contribution in [0.4, 0.5) is 13.2 Å². The topological polar surface area (TPSA) is 68.7 Å². The molecule has 0 saturated carbocycles. The maximum absolute atomic E-state index is 12.5. The fourth-order valence-corrected chi connectivity index (χ4v) is 2.02. The van der Waals surface area contributed by atoms with Crippen molar-refractivity contribution in [1.82, 2.24) is 4.98 Å². The molecule has 24 heavy (non-hydrogen) atoms. The molecule has 0 aliphatic carbocycles. The van der Waals surface area contributed by atoms with Crippen molar-refractivity contribution in [2.45, 2.75) is 26.8 Å². The Kier molecular flexibility index (Phi) is 4.96. The van der Waals surface area contributed by atoms with Gasteiger partial charge in [-0.25, -0.2) is 9.78 Å². The summed E-state index contributed by atoms with van der Waals surface area (Å²) in [7, 11) is 0. The standard InChI is InChI=1S/C16H14F3NO4/c1-9-6-7-10(2)20-14(9)23-8-12-11(15(21)22)4-3-5-13(12)24-16(17,18)19/h3-7H,8H2,1-2H3,(H,21,22). The van der Waals surface area contributed by atoms with E-state index in [0.29, 0.717) is 11.3 Å². The first-order valence-electron chi connectivity index (χ1n) is 6.85. The summed E-state index contributed by atoms with van der Waals surface area (Å²) < 4.78 is 46.9. The molecule has 1 aromatic heterocycles. The normalized spacial score (nSPS) is 11.2. The molecule has 0 aliphatic heterocycles. The summed E-state index contributed by atoms with van der Waals surface area (Å²) in [5.41, 5.74) is 0.785. The molecule has 1 N–H and O–H groups in total. The van der Waals surface area contributed by atoms with E-state index < -0.39 is 24.7 Å². The fraction of sp³-hybridized carbons (Fsp3) is 0.250. The second-order valence-corrected chi connectivity index (χ2v) is 5.00. The molecule has 1 aromatic carbocycles. The number of rotatable bonds is 5. The lowest BCUT2D eigenvalue weighted by atomic mass is 10.1. The van der Waals surface area contributed by atoms with Crippen LogP contribution >= 0.6 is 0 Å². The Morgan fingerprint density at radius 2 is 1.92 bits per heavy atom. The lowest BCUT2D eigenvalue weighted by Crippen LogP contribution is -2.19. The summed E-state index contributed by atoms with van der Waals surface area (Å²) in [6.07, 6.45) is -4.94. The zero-order valence-electron chi connectivity index (χ0n) is 12.8. The Bertz CT molecular complexity index is 759. The number of carbonyl (C=O) groups is 1. The van der Waals surface area contributed by atoms with Crippen molar-refractivity contribution in [3.8, 4) is 11.6 Å². The van der Waals surface area contributed by atoms with Crippen molar-refractivity contribution < 1.29 is 32.5 Å². The highest BCUT2D eigenvalue weighted by atomic mass is 19.4. The average Bonchev–Trinajstić information content (AvgIpc) is 2.47. The molecule has 0 amide bonds. The highest BCUT2D eigenvalue weighted by molar-refractivity contribution is 5.90. The average molecular weight is 341 g/mol. The monoisotopic (exact) mass is 341 g/mol. The highest BCUT2D eigenvalue weighted by Crippen LogP contribution is 2.30. The second kappa shape index (κ2) is 6.77. The molecular weight excluding hydrogens is 327 g/mol. The van der Waals surface area contributed by atoms with Gasteiger partial charge in [0, 0.05) is 16.8 Å². The lowest BCUT2D eigenvalue weighted by molar-refractivity contribution is -0.275. The quantitative estimate of drug-likeness (QED) is 0.894. The molecule has 128 valence electrons. The molecule has 2 rings (SSSR count). The van der Waals surface area contributed by atoms with E-state index in [4.69, 9.17) is 4.74 Å². The van der Waals surface area contributed by atoms with Gasteiger partial charge in [-0.15, -0.1) is 13.2 Å². The predicted molar refractivity (Wildman–Crippen MR) is 78.1 cm³/mol. The van der Waals surface area contributed by atoms with Gasteiger partial charge in [-0.1, -0.05) is 12.1 Å². The van der Waals surface area contributed by atoms with Gasteiger partial charge in [-0.2, -0.15) is 0 Å². The van der Waals surface area contributed by atoms with Crippen LogP contribution in [0, 0.1) is 13.8 Å². The van der Waals surface area contributed by atoms with E-state index in [0.717, 1.165) is 6.07 Å². The van der Waals surface area contributed by atoms with Crippen molar-refractivity contribution in [2.75, 3.05) is 0 Å². The Hall–Kier alpha value is -2.77. The van der Waals surface area contributed by atoms with E-state index in [9.17, 15) is 23.1 Å². The molecule has 0 atom stereocenters. The molecule has 5 nitrogen and oxygen atoms in total. The van der Waals surface area contributed by atoms with Crippen LogP contribution in [-0.2, 0) is 6.61 Å². The SMILES string of the molecule is Cc1ccc(C)c(OCc2c(OC(F)(F)F)cccc2C(=O)O)n1. The van der Waals surface area contributed by atoms with Crippen molar-refractivity contribution in [3.05, 3.63) is 52.7 Å². The van der Waals surface area contributed by atoms with Gasteiger partial charge in [-0.3, -0.25) is 0 Å². The van der Waals surface area contributed by atoms with Gasteiger partial charge in [0.15, 0.2) is 0 Å². The van der Waals surface area contributed by atoms with Gasteiger partial charge in [0.25, 0.3) is 0 Å². The number of hydrogen-bond acceptors (Lipinski definition) is 4. The van der Waals surface area contributed by atoms with E-state index in [2.05, 4.69) is 9.72 Å². The number of halogens is 3. The van der Waals surface area contributed by atoms with Crippen LogP contribution in [0.1, 0.15) is 27.2 Å². The molecule has 0 spiro atoms. The number of aryl methyl sites for hydroxylation is 2. The molecule has 1 heterocycles. The van der Waals surface area contributed by atoms with Crippen molar-refractivity contribution >= 4 is 5.97 Å². The number of hydrogen-bond donors (Lipinski definition) is 1.